The molecule has 0 N–H and O–H groups in total. The number of carbonyl (C=O) groups is 1. The van der Waals surface area contributed by atoms with Gasteiger partial charge in [-0.2, -0.15) is 0 Å². The van der Waals surface area contributed by atoms with Crippen LogP contribution in [0.5, 0.6) is 23.0 Å². The molecule has 0 amide bonds. The molecule has 0 fully saturated rings. The van der Waals surface area contributed by atoms with E-state index in [-0.39, 0.29) is 18.3 Å². The molecule has 0 saturated heterocycles. The minimum atomic E-state index is -0.236. The summed E-state index contributed by atoms with van der Waals surface area (Å²) in [4.78, 5) is 12.5. The summed E-state index contributed by atoms with van der Waals surface area (Å²) >= 11 is 0. The maximum Gasteiger partial charge on any atom is 0.312 e. The molecule has 0 spiro atoms. The number of rotatable bonds is 8. The van der Waals surface area contributed by atoms with Crippen LogP contribution >= 0.6 is 0 Å². The molecular formula is C23H28O5. The summed E-state index contributed by atoms with van der Waals surface area (Å²) in [5.41, 5.74) is 2.89. The fraction of sp³-hybridized carbons (Fsp3) is 0.435. The molecule has 28 heavy (non-hydrogen) atoms. The van der Waals surface area contributed by atoms with Crippen LogP contribution in [0.25, 0.3) is 0 Å². The van der Waals surface area contributed by atoms with Crippen molar-refractivity contribution in [1.29, 1.82) is 0 Å². The molecule has 5 heteroatoms. The normalized spacial score (nSPS) is 15.6. The van der Waals surface area contributed by atoms with Gasteiger partial charge in [0.05, 0.1) is 27.8 Å². The molecule has 3 rings (SSSR count). The maximum absolute atomic E-state index is 12.5. The van der Waals surface area contributed by atoms with Gasteiger partial charge in [-0.1, -0.05) is 31.9 Å². The Kier molecular flexibility index (Phi) is 6.45. The highest BCUT2D eigenvalue weighted by Crippen LogP contribution is 2.49. The van der Waals surface area contributed by atoms with Crippen molar-refractivity contribution in [1.82, 2.24) is 0 Å². The Morgan fingerprint density at radius 2 is 1.71 bits per heavy atom. The third-order valence-electron chi connectivity index (χ3n) is 5.27. The minimum Gasteiger partial charge on any atom is -0.497 e. The largest absolute Gasteiger partial charge is 0.497 e. The first-order valence-electron chi connectivity index (χ1n) is 9.75. The van der Waals surface area contributed by atoms with Crippen LogP contribution in [-0.4, -0.2) is 27.3 Å². The Hall–Kier alpha value is -2.69. The van der Waals surface area contributed by atoms with Crippen molar-refractivity contribution in [3.05, 3.63) is 47.0 Å². The molecule has 150 valence electrons. The van der Waals surface area contributed by atoms with E-state index in [1.807, 2.05) is 30.3 Å². The van der Waals surface area contributed by atoms with Gasteiger partial charge in [0.15, 0.2) is 0 Å². The van der Waals surface area contributed by atoms with Crippen molar-refractivity contribution in [3.8, 4) is 23.0 Å². The average molecular weight is 384 g/mol. The number of hydrogen-bond donors (Lipinski definition) is 0. The second kappa shape index (κ2) is 9.00. The molecule has 0 bridgehead atoms. The predicted octanol–water partition coefficient (Wildman–Crippen LogP) is 4.89. The molecule has 2 aromatic rings. The van der Waals surface area contributed by atoms with Crippen molar-refractivity contribution in [3.63, 3.8) is 0 Å². The zero-order valence-electron chi connectivity index (χ0n) is 17.0. The van der Waals surface area contributed by atoms with E-state index in [4.69, 9.17) is 18.9 Å². The van der Waals surface area contributed by atoms with E-state index in [9.17, 15) is 4.79 Å². The first kappa shape index (κ1) is 20.1. The molecule has 2 aromatic carbocycles. The molecule has 1 aliphatic rings. The first-order chi connectivity index (χ1) is 13.6. The fourth-order valence-corrected chi connectivity index (χ4v) is 3.80. The minimum absolute atomic E-state index is 0.132. The van der Waals surface area contributed by atoms with E-state index in [1.165, 1.54) is 0 Å². The zero-order chi connectivity index (χ0) is 20.1. The molecule has 0 radical (unpaired) electrons. The van der Waals surface area contributed by atoms with Gasteiger partial charge in [-0.3, -0.25) is 4.79 Å². The van der Waals surface area contributed by atoms with Crippen molar-refractivity contribution in [2.24, 2.45) is 0 Å². The van der Waals surface area contributed by atoms with Crippen LogP contribution < -0.4 is 18.9 Å². The summed E-state index contributed by atoms with van der Waals surface area (Å²) in [6.07, 6.45) is 4.31. The molecule has 1 unspecified atom stereocenters. The molecule has 0 aromatic heterocycles. The highest BCUT2D eigenvalue weighted by molar-refractivity contribution is 5.80. The van der Waals surface area contributed by atoms with Crippen LogP contribution in [0.4, 0.5) is 0 Å². The number of methoxy groups -OCH3 is 3. The number of hydrogen-bond acceptors (Lipinski definition) is 5. The number of unbranched alkanes of at least 4 members (excludes halogenated alkanes) is 2. The van der Waals surface area contributed by atoms with E-state index in [1.54, 1.807) is 21.3 Å². The lowest BCUT2D eigenvalue weighted by molar-refractivity contribution is -0.135. The Balaban J connectivity index is 2.13. The topological polar surface area (TPSA) is 54.0 Å². The van der Waals surface area contributed by atoms with Gasteiger partial charge in [-0.15, -0.1) is 0 Å². The number of fused-ring (bicyclic) bond motifs is 1. The first-order valence-corrected chi connectivity index (χ1v) is 9.75. The van der Waals surface area contributed by atoms with E-state index < -0.39 is 0 Å². The number of benzene rings is 2. The molecule has 0 saturated carbocycles. The van der Waals surface area contributed by atoms with Crippen LogP contribution in [0, 0.1) is 0 Å². The maximum atomic E-state index is 12.5. The Labute approximate surface area is 166 Å². The smallest absolute Gasteiger partial charge is 0.312 e. The number of esters is 1. The Bertz CT molecular complexity index is 826. The van der Waals surface area contributed by atoms with Crippen molar-refractivity contribution < 1.29 is 23.7 Å². The second-order valence-corrected chi connectivity index (χ2v) is 6.96. The van der Waals surface area contributed by atoms with Gasteiger partial charge in [0.2, 0.25) is 0 Å². The molecule has 5 nitrogen and oxygen atoms in total. The van der Waals surface area contributed by atoms with Gasteiger partial charge in [-0.05, 0) is 30.5 Å². The molecule has 1 atom stereocenters. The van der Waals surface area contributed by atoms with Crippen LogP contribution in [0.3, 0.4) is 0 Å². The molecular weight excluding hydrogens is 356 g/mol. The van der Waals surface area contributed by atoms with Crippen molar-refractivity contribution in [2.75, 3.05) is 21.3 Å². The zero-order valence-corrected chi connectivity index (χ0v) is 17.0. The monoisotopic (exact) mass is 384 g/mol. The quantitative estimate of drug-likeness (QED) is 0.369. The van der Waals surface area contributed by atoms with Crippen molar-refractivity contribution in [2.45, 2.75) is 44.9 Å². The van der Waals surface area contributed by atoms with Gasteiger partial charge in [0, 0.05) is 23.1 Å². The van der Waals surface area contributed by atoms with E-state index >= 15 is 0 Å². The van der Waals surface area contributed by atoms with E-state index in [0.717, 1.165) is 48.1 Å². The summed E-state index contributed by atoms with van der Waals surface area (Å²) in [6, 6.07) is 9.72. The lowest BCUT2D eigenvalue weighted by Crippen LogP contribution is -2.23. The average Bonchev–Trinajstić information content (AvgIpc) is 2.73. The SMILES string of the molecule is CCCCCc1c(OC)cc(OC)c2c1OC(=O)CC2c1ccc(OC)cc1. The van der Waals surface area contributed by atoms with E-state index in [0.29, 0.717) is 17.2 Å². The lowest BCUT2D eigenvalue weighted by Gasteiger charge is -2.29. The predicted molar refractivity (Wildman–Crippen MR) is 108 cm³/mol. The van der Waals surface area contributed by atoms with Gasteiger partial charge >= 0.3 is 5.97 Å². The van der Waals surface area contributed by atoms with Gasteiger partial charge < -0.3 is 18.9 Å². The Morgan fingerprint density at radius 1 is 1.00 bits per heavy atom. The van der Waals surface area contributed by atoms with E-state index in [2.05, 4.69) is 6.92 Å². The van der Waals surface area contributed by atoms with Crippen molar-refractivity contribution >= 4 is 5.97 Å². The summed E-state index contributed by atoms with van der Waals surface area (Å²) in [5, 5.41) is 0. The Morgan fingerprint density at radius 3 is 2.32 bits per heavy atom. The van der Waals surface area contributed by atoms with Gasteiger partial charge in [0.25, 0.3) is 0 Å². The summed E-state index contributed by atoms with van der Waals surface area (Å²) in [6.45, 7) is 2.17. The van der Waals surface area contributed by atoms with Crippen LogP contribution in [0.2, 0.25) is 0 Å². The lowest BCUT2D eigenvalue weighted by atomic mass is 9.83. The molecule has 0 aliphatic carbocycles. The second-order valence-electron chi connectivity index (χ2n) is 6.96. The van der Waals surface area contributed by atoms with Gasteiger partial charge in [0.1, 0.15) is 23.0 Å². The summed E-state index contributed by atoms with van der Waals surface area (Å²) in [7, 11) is 4.91. The van der Waals surface area contributed by atoms with Crippen LogP contribution in [-0.2, 0) is 11.2 Å². The molecule has 1 aliphatic heterocycles. The fourth-order valence-electron chi connectivity index (χ4n) is 3.80. The number of ether oxygens (including phenoxy) is 4. The highest BCUT2D eigenvalue weighted by Gasteiger charge is 2.35. The highest BCUT2D eigenvalue weighted by atomic mass is 16.5. The summed E-state index contributed by atoms with van der Waals surface area (Å²) < 4.78 is 22.3. The van der Waals surface area contributed by atoms with Crippen LogP contribution in [0.15, 0.2) is 30.3 Å². The van der Waals surface area contributed by atoms with Crippen LogP contribution in [0.1, 0.15) is 55.2 Å². The summed E-state index contributed by atoms with van der Waals surface area (Å²) in [5.74, 6) is 2.40. The standard InChI is InChI=1S/C23H28O5/c1-5-6-7-8-17-19(26-3)14-20(27-4)22-18(13-21(24)28-23(17)22)15-9-11-16(25-2)12-10-15/h9-12,14,18H,5-8,13H2,1-4H3. The third kappa shape index (κ3) is 3.93. The third-order valence-corrected chi connectivity index (χ3v) is 5.27. The number of carbonyl (C=O) groups excluding carboxylic acids is 1. The molecule has 1 heterocycles. The van der Waals surface area contributed by atoms with Gasteiger partial charge in [-0.25, -0.2) is 0 Å².